The van der Waals surface area contributed by atoms with Crippen LogP contribution in [0.5, 0.6) is 0 Å². The fourth-order valence-electron chi connectivity index (χ4n) is 1.84. The molecule has 110 valence electrons. The lowest BCUT2D eigenvalue weighted by atomic mass is 10.2. The summed E-state index contributed by atoms with van der Waals surface area (Å²) >= 11 is 5.92. The first kappa shape index (κ1) is 14.3. The summed E-state index contributed by atoms with van der Waals surface area (Å²) in [4.78, 5) is 3.91. The number of aromatic nitrogens is 3. The molecule has 0 atom stereocenters. The van der Waals surface area contributed by atoms with Gasteiger partial charge in [0.1, 0.15) is 4.90 Å². The molecule has 0 aliphatic heterocycles. The minimum Gasteiger partial charge on any atom is -0.246 e. The van der Waals surface area contributed by atoms with Crippen LogP contribution in [0.1, 0.15) is 5.56 Å². The maximum absolute atomic E-state index is 12.3. The van der Waals surface area contributed by atoms with Crippen molar-refractivity contribution in [1.29, 1.82) is 5.26 Å². The molecular formula is C13H8ClN5O2S. The zero-order chi connectivity index (χ0) is 15.7. The molecule has 0 amide bonds. The van der Waals surface area contributed by atoms with E-state index in [0.29, 0.717) is 5.65 Å². The van der Waals surface area contributed by atoms with E-state index in [1.165, 1.54) is 22.7 Å². The van der Waals surface area contributed by atoms with Crippen LogP contribution in [0.3, 0.4) is 0 Å². The van der Waals surface area contributed by atoms with E-state index in [1.54, 1.807) is 24.4 Å². The van der Waals surface area contributed by atoms with Crippen molar-refractivity contribution in [3.8, 4) is 6.07 Å². The standard InChI is InChI=1S/C13H8ClN5O2S/c14-10-7-9(8-15)4-5-11(10)22(20,21)18-13-16-12-3-1-2-6-19(12)17-13/h1-7H,(H,17,18). The topological polar surface area (TPSA) is 100 Å². The first-order valence-electron chi connectivity index (χ1n) is 6.03. The van der Waals surface area contributed by atoms with Crippen molar-refractivity contribution in [2.24, 2.45) is 0 Å². The van der Waals surface area contributed by atoms with Crippen molar-refractivity contribution in [3.63, 3.8) is 0 Å². The van der Waals surface area contributed by atoms with Crippen LogP contribution in [0.15, 0.2) is 47.5 Å². The maximum atomic E-state index is 12.3. The SMILES string of the molecule is N#Cc1ccc(S(=O)(=O)Nc2nc3ccccn3n2)c(Cl)c1. The predicted octanol–water partition coefficient (Wildman–Crippen LogP) is 2.06. The van der Waals surface area contributed by atoms with Crippen LogP contribution < -0.4 is 4.72 Å². The minimum atomic E-state index is -3.95. The first-order valence-corrected chi connectivity index (χ1v) is 7.89. The van der Waals surface area contributed by atoms with E-state index in [1.807, 2.05) is 6.07 Å². The summed E-state index contributed by atoms with van der Waals surface area (Å²) in [6.07, 6.45) is 1.65. The second-order valence-corrected chi connectivity index (χ2v) is 6.36. The molecular weight excluding hydrogens is 326 g/mol. The van der Waals surface area contributed by atoms with Gasteiger partial charge in [0.05, 0.1) is 16.7 Å². The number of hydrogen-bond acceptors (Lipinski definition) is 5. The zero-order valence-electron chi connectivity index (χ0n) is 10.9. The number of benzene rings is 1. The lowest BCUT2D eigenvalue weighted by molar-refractivity contribution is 0.601. The lowest BCUT2D eigenvalue weighted by Crippen LogP contribution is -2.14. The second kappa shape index (κ2) is 5.29. The predicted molar refractivity (Wildman–Crippen MR) is 80.0 cm³/mol. The van der Waals surface area contributed by atoms with Crippen LogP contribution in [0.25, 0.3) is 5.65 Å². The van der Waals surface area contributed by atoms with Gasteiger partial charge in [-0.15, -0.1) is 5.10 Å². The van der Waals surface area contributed by atoms with Crippen LogP contribution in [0.2, 0.25) is 5.02 Å². The highest BCUT2D eigenvalue weighted by atomic mass is 35.5. The Morgan fingerprint density at radius 3 is 2.77 bits per heavy atom. The van der Waals surface area contributed by atoms with E-state index in [0.717, 1.165) is 0 Å². The molecule has 1 aromatic carbocycles. The molecule has 22 heavy (non-hydrogen) atoms. The van der Waals surface area contributed by atoms with Gasteiger partial charge in [0.25, 0.3) is 16.0 Å². The van der Waals surface area contributed by atoms with E-state index >= 15 is 0 Å². The molecule has 0 spiro atoms. The van der Waals surface area contributed by atoms with Crippen molar-refractivity contribution in [1.82, 2.24) is 14.6 Å². The summed E-state index contributed by atoms with van der Waals surface area (Å²) in [6.45, 7) is 0. The molecule has 3 aromatic rings. The summed E-state index contributed by atoms with van der Waals surface area (Å²) < 4.78 is 28.4. The molecule has 0 bridgehead atoms. The molecule has 3 rings (SSSR count). The molecule has 0 aliphatic rings. The molecule has 1 N–H and O–H groups in total. The van der Waals surface area contributed by atoms with Gasteiger partial charge in [-0.05, 0) is 30.3 Å². The zero-order valence-corrected chi connectivity index (χ0v) is 12.5. The molecule has 0 radical (unpaired) electrons. The summed E-state index contributed by atoms with van der Waals surface area (Å²) in [6, 6.07) is 11.0. The van der Waals surface area contributed by atoms with Crippen molar-refractivity contribution >= 4 is 33.2 Å². The Morgan fingerprint density at radius 2 is 2.09 bits per heavy atom. The second-order valence-electron chi connectivity index (χ2n) is 4.30. The smallest absolute Gasteiger partial charge is 0.246 e. The molecule has 7 nitrogen and oxygen atoms in total. The average Bonchev–Trinajstić information content (AvgIpc) is 2.87. The van der Waals surface area contributed by atoms with E-state index in [2.05, 4.69) is 14.8 Å². The van der Waals surface area contributed by atoms with Crippen molar-refractivity contribution in [2.75, 3.05) is 4.72 Å². The summed E-state index contributed by atoms with van der Waals surface area (Å²) in [5.74, 6) is -0.0633. The van der Waals surface area contributed by atoms with Gasteiger partial charge in [-0.25, -0.2) is 17.7 Å². The number of sulfonamides is 1. The van der Waals surface area contributed by atoms with Gasteiger partial charge in [0, 0.05) is 6.20 Å². The van der Waals surface area contributed by atoms with Gasteiger partial charge in [-0.3, -0.25) is 0 Å². The molecule has 0 saturated heterocycles. The fourth-order valence-corrected chi connectivity index (χ4v) is 3.32. The molecule has 0 unspecified atom stereocenters. The van der Waals surface area contributed by atoms with Gasteiger partial charge in [-0.1, -0.05) is 17.7 Å². The monoisotopic (exact) mass is 333 g/mol. The third-order valence-electron chi connectivity index (χ3n) is 2.82. The van der Waals surface area contributed by atoms with E-state index in [-0.39, 0.29) is 21.4 Å². The van der Waals surface area contributed by atoms with Crippen LogP contribution in [-0.2, 0) is 10.0 Å². The highest BCUT2D eigenvalue weighted by Crippen LogP contribution is 2.24. The number of rotatable bonds is 3. The quantitative estimate of drug-likeness (QED) is 0.790. The fraction of sp³-hybridized carbons (Fsp3) is 0. The molecule has 9 heteroatoms. The van der Waals surface area contributed by atoms with E-state index in [9.17, 15) is 8.42 Å². The molecule has 0 aliphatic carbocycles. The Morgan fingerprint density at radius 1 is 1.27 bits per heavy atom. The third kappa shape index (κ3) is 2.59. The van der Waals surface area contributed by atoms with Crippen molar-refractivity contribution < 1.29 is 8.42 Å². The number of halogens is 1. The molecule has 0 saturated carbocycles. The Hall–Kier alpha value is -2.63. The van der Waals surface area contributed by atoms with Gasteiger partial charge in [0.15, 0.2) is 5.65 Å². The van der Waals surface area contributed by atoms with Crippen LogP contribution in [0.4, 0.5) is 5.95 Å². The third-order valence-corrected chi connectivity index (χ3v) is 4.63. The van der Waals surface area contributed by atoms with Crippen LogP contribution in [0, 0.1) is 11.3 Å². The van der Waals surface area contributed by atoms with Gasteiger partial charge < -0.3 is 0 Å². The Balaban J connectivity index is 1.98. The minimum absolute atomic E-state index is 0.0460. The van der Waals surface area contributed by atoms with Gasteiger partial charge >= 0.3 is 0 Å². The van der Waals surface area contributed by atoms with Crippen LogP contribution in [-0.4, -0.2) is 23.0 Å². The summed E-state index contributed by atoms with van der Waals surface area (Å²) in [5.41, 5.74) is 0.779. The Kier molecular flexibility index (Phi) is 3.44. The maximum Gasteiger partial charge on any atom is 0.265 e. The van der Waals surface area contributed by atoms with Gasteiger partial charge in [0.2, 0.25) is 0 Å². The number of hydrogen-bond donors (Lipinski definition) is 1. The van der Waals surface area contributed by atoms with Crippen molar-refractivity contribution in [3.05, 3.63) is 53.2 Å². The number of nitriles is 1. The Labute approximate surface area is 130 Å². The summed E-state index contributed by atoms with van der Waals surface area (Å²) in [5, 5.41) is 12.7. The van der Waals surface area contributed by atoms with Crippen molar-refractivity contribution in [2.45, 2.75) is 4.90 Å². The van der Waals surface area contributed by atoms with E-state index < -0.39 is 10.0 Å². The van der Waals surface area contributed by atoms with Gasteiger partial charge in [-0.2, -0.15) is 10.2 Å². The number of anilines is 1. The number of pyridine rings is 1. The number of nitrogens with one attached hydrogen (secondary N) is 1. The Bertz CT molecular complexity index is 974. The average molecular weight is 334 g/mol. The normalized spacial score (nSPS) is 11.3. The largest absolute Gasteiger partial charge is 0.265 e. The first-order chi connectivity index (χ1) is 10.5. The molecule has 2 aromatic heterocycles. The van der Waals surface area contributed by atoms with Crippen LogP contribution >= 0.6 is 11.6 Å². The molecule has 2 heterocycles. The highest BCUT2D eigenvalue weighted by molar-refractivity contribution is 7.92. The molecule has 0 fully saturated rings. The number of fused-ring (bicyclic) bond motifs is 1. The van der Waals surface area contributed by atoms with E-state index in [4.69, 9.17) is 16.9 Å². The summed E-state index contributed by atoms with van der Waals surface area (Å²) in [7, 11) is -3.95. The lowest BCUT2D eigenvalue weighted by Gasteiger charge is -2.06. The number of nitrogens with zero attached hydrogens (tertiary/aromatic N) is 4. The highest BCUT2D eigenvalue weighted by Gasteiger charge is 2.20.